The largest absolute Gasteiger partial charge is 0.493 e. The van der Waals surface area contributed by atoms with Crippen molar-refractivity contribution in [1.29, 1.82) is 0 Å². The van der Waals surface area contributed by atoms with E-state index >= 15 is 0 Å². The summed E-state index contributed by atoms with van der Waals surface area (Å²) < 4.78 is 11.1. The smallest absolute Gasteiger partial charge is 0.257 e. The summed E-state index contributed by atoms with van der Waals surface area (Å²) in [6.07, 6.45) is 0. The fourth-order valence-corrected chi connectivity index (χ4v) is 3.54. The first-order valence-electron chi connectivity index (χ1n) is 9.90. The van der Waals surface area contributed by atoms with Gasteiger partial charge < -0.3 is 19.7 Å². The van der Waals surface area contributed by atoms with Crippen molar-refractivity contribution in [3.63, 3.8) is 0 Å². The Balaban J connectivity index is 1.67. The van der Waals surface area contributed by atoms with Crippen molar-refractivity contribution in [2.45, 2.75) is 13.8 Å². The highest BCUT2D eigenvalue weighted by Crippen LogP contribution is 2.34. The monoisotopic (exact) mass is 447 g/mol. The van der Waals surface area contributed by atoms with Crippen LogP contribution in [0.1, 0.15) is 24.2 Å². The number of benzene rings is 2. The molecule has 1 fully saturated rings. The van der Waals surface area contributed by atoms with Crippen molar-refractivity contribution in [3.05, 3.63) is 53.1 Å². The number of morpholine rings is 1. The third kappa shape index (κ3) is 6.08. The number of nitrogens with one attached hydrogen (secondary N) is 2. The molecule has 2 aromatic carbocycles. The summed E-state index contributed by atoms with van der Waals surface area (Å²) in [6, 6.07) is 12.6. The molecule has 0 atom stereocenters. The molecule has 1 aliphatic rings. The van der Waals surface area contributed by atoms with Gasteiger partial charge in [0.15, 0.2) is 5.11 Å². The van der Waals surface area contributed by atoms with E-state index in [9.17, 15) is 4.79 Å². The quantitative estimate of drug-likeness (QED) is 0.642. The normalized spacial score (nSPS) is 13.8. The van der Waals surface area contributed by atoms with Crippen LogP contribution in [0.25, 0.3) is 0 Å². The molecule has 0 aromatic heterocycles. The van der Waals surface area contributed by atoms with E-state index in [-0.39, 0.29) is 11.0 Å². The Morgan fingerprint density at radius 3 is 2.70 bits per heavy atom. The van der Waals surface area contributed by atoms with Crippen LogP contribution in [0.4, 0.5) is 11.4 Å². The zero-order chi connectivity index (χ0) is 21.5. The number of ether oxygens (including phenoxy) is 2. The lowest BCUT2D eigenvalue weighted by Crippen LogP contribution is -2.38. The van der Waals surface area contributed by atoms with Crippen molar-refractivity contribution in [3.8, 4) is 5.75 Å². The molecule has 1 aliphatic heterocycles. The Bertz CT molecular complexity index is 901. The maximum Gasteiger partial charge on any atom is 0.257 e. The lowest BCUT2D eigenvalue weighted by molar-refractivity contribution is 0.0977. The summed E-state index contributed by atoms with van der Waals surface area (Å²) in [5.74, 6) is 0.745. The van der Waals surface area contributed by atoms with Gasteiger partial charge in [0.2, 0.25) is 0 Å². The molecule has 0 spiro atoms. The van der Waals surface area contributed by atoms with E-state index in [4.69, 9.17) is 33.3 Å². The van der Waals surface area contributed by atoms with Crippen molar-refractivity contribution < 1.29 is 14.3 Å². The van der Waals surface area contributed by atoms with E-state index in [0.29, 0.717) is 42.1 Å². The Morgan fingerprint density at radius 2 is 1.97 bits per heavy atom. The molecule has 0 radical (unpaired) electrons. The molecule has 0 aliphatic carbocycles. The fraction of sp³-hybridized carbons (Fsp3) is 0.364. The highest BCUT2D eigenvalue weighted by molar-refractivity contribution is 7.80. The van der Waals surface area contributed by atoms with Crippen molar-refractivity contribution in [2.24, 2.45) is 5.92 Å². The number of thiocarbonyl (C=S) groups is 1. The zero-order valence-electron chi connectivity index (χ0n) is 17.1. The van der Waals surface area contributed by atoms with Gasteiger partial charge in [0.05, 0.1) is 36.2 Å². The third-order valence-corrected chi connectivity index (χ3v) is 4.98. The van der Waals surface area contributed by atoms with Crippen LogP contribution in [0.3, 0.4) is 0 Å². The van der Waals surface area contributed by atoms with Crippen LogP contribution in [0.5, 0.6) is 5.75 Å². The summed E-state index contributed by atoms with van der Waals surface area (Å²) in [5.41, 5.74) is 2.06. The van der Waals surface area contributed by atoms with Crippen LogP contribution in [-0.2, 0) is 4.74 Å². The highest BCUT2D eigenvalue weighted by atomic mass is 35.5. The summed E-state index contributed by atoms with van der Waals surface area (Å²) in [6.45, 7) is 7.48. The SMILES string of the molecule is CC(C)COc1cccc(C(=O)NC(=S)Nc2cccc(Cl)c2N2CCOCC2)c1. The second kappa shape index (κ2) is 10.6. The van der Waals surface area contributed by atoms with Gasteiger partial charge in [-0.1, -0.05) is 37.6 Å². The van der Waals surface area contributed by atoms with Crippen molar-refractivity contribution in [2.75, 3.05) is 43.1 Å². The minimum absolute atomic E-state index is 0.199. The molecule has 2 aromatic rings. The summed E-state index contributed by atoms with van der Waals surface area (Å²) in [4.78, 5) is 14.8. The van der Waals surface area contributed by atoms with Gasteiger partial charge >= 0.3 is 0 Å². The lowest BCUT2D eigenvalue weighted by atomic mass is 10.2. The molecule has 2 N–H and O–H groups in total. The number of anilines is 2. The fourth-order valence-electron chi connectivity index (χ4n) is 3.04. The van der Waals surface area contributed by atoms with Crippen LogP contribution < -0.4 is 20.3 Å². The minimum atomic E-state index is -0.308. The van der Waals surface area contributed by atoms with E-state index in [0.717, 1.165) is 24.5 Å². The van der Waals surface area contributed by atoms with Gasteiger partial charge in [-0.15, -0.1) is 0 Å². The predicted octanol–water partition coefficient (Wildman–Crippen LogP) is 4.34. The number of carbonyl (C=O) groups is 1. The Morgan fingerprint density at radius 1 is 1.23 bits per heavy atom. The van der Waals surface area contributed by atoms with Crippen LogP contribution in [0.15, 0.2) is 42.5 Å². The molecule has 3 rings (SSSR count). The number of amides is 1. The molecular weight excluding hydrogens is 422 g/mol. The Kier molecular flexibility index (Phi) is 7.90. The van der Waals surface area contributed by atoms with E-state index in [1.807, 2.05) is 24.3 Å². The number of carbonyl (C=O) groups excluding carboxylic acids is 1. The number of rotatable bonds is 6. The van der Waals surface area contributed by atoms with Gasteiger partial charge in [-0.25, -0.2) is 0 Å². The average molecular weight is 448 g/mol. The van der Waals surface area contributed by atoms with Gasteiger partial charge in [0.25, 0.3) is 5.91 Å². The lowest BCUT2D eigenvalue weighted by Gasteiger charge is -2.31. The molecule has 0 unspecified atom stereocenters. The standard InChI is InChI=1S/C22H26ClN3O3S/c1-15(2)14-29-17-6-3-5-16(13-17)21(27)25-22(30)24-19-8-4-7-18(23)20(19)26-9-11-28-12-10-26/h3-8,13,15H,9-12,14H2,1-2H3,(H2,24,25,27,30). The van der Waals surface area contributed by atoms with Crippen LogP contribution in [0, 0.1) is 5.92 Å². The van der Waals surface area contributed by atoms with E-state index in [1.54, 1.807) is 18.2 Å². The van der Waals surface area contributed by atoms with Crippen LogP contribution >= 0.6 is 23.8 Å². The van der Waals surface area contributed by atoms with Crippen molar-refractivity contribution in [1.82, 2.24) is 5.32 Å². The summed E-state index contributed by atoms with van der Waals surface area (Å²) in [7, 11) is 0. The Labute approximate surface area is 187 Å². The summed E-state index contributed by atoms with van der Waals surface area (Å²) >= 11 is 11.8. The van der Waals surface area contributed by atoms with Gasteiger partial charge in [-0.3, -0.25) is 10.1 Å². The van der Waals surface area contributed by atoms with E-state index in [2.05, 4.69) is 29.4 Å². The van der Waals surface area contributed by atoms with Gasteiger partial charge in [0.1, 0.15) is 5.75 Å². The third-order valence-electron chi connectivity index (χ3n) is 4.47. The average Bonchev–Trinajstić information content (AvgIpc) is 2.73. The van der Waals surface area contributed by atoms with Crippen LogP contribution in [0.2, 0.25) is 5.02 Å². The molecule has 6 nitrogen and oxygen atoms in total. The molecule has 160 valence electrons. The first-order valence-corrected chi connectivity index (χ1v) is 10.7. The number of nitrogens with zero attached hydrogens (tertiary/aromatic N) is 1. The summed E-state index contributed by atoms with van der Waals surface area (Å²) in [5, 5.41) is 6.65. The molecule has 1 saturated heterocycles. The zero-order valence-corrected chi connectivity index (χ0v) is 18.7. The van der Waals surface area contributed by atoms with E-state index in [1.165, 1.54) is 0 Å². The molecule has 1 amide bonds. The minimum Gasteiger partial charge on any atom is -0.493 e. The van der Waals surface area contributed by atoms with Gasteiger partial charge in [0, 0.05) is 18.7 Å². The maximum atomic E-state index is 12.6. The first-order chi connectivity index (χ1) is 14.4. The second-order valence-electron chi connectivity index (χ2n) is 7.38. The molecular formula is C22H26ClN3O3S. The maximum absolute atomic E-state index is 12.6. The van der Waals surface area contributed by atoms with Gasteiger partial charge in [-0.2, -0.15) is 0 Å². The number of halogens is 1. The number of hydrogen-bond donors (Lipinski definition) is 2. The molecule has 0 bridgehead atoms. The van der Waals surface area contributed by atoms with Crippen molar-refractivity contribution >= 4 is 46.2 Å². The molecule has 30 heavy (non-hydrogen) atoms. The predicted molar refractivity (Wildman–Crippen MR) is 125 cm³/mol. The second-order valence-corrected chi connectivity index (χ2v) is 8.19. The molecule has 0 saturated carbocycles. The van der Waals surface area contributed by atoms with Gasteiger partial charge in [-0.05, 0) is 48.5 Å². The van der Waals surface area contributed by atoms with E-state index < -0.39 is 0 Å². The molecule has 8 heteroatoms. The van der Waals surface area contributed by atoms with Crippen LogP contribution in [-0.4, -0.2) is 43.9 Å². The molecule has 1 heterocycles. The Hall–Kier alpha value is -2.35. The first kappa shape index (κ1) is 22.3. The highest BCUT2D eigenvalue weighted by Gasteiger charge is 2.19. The number of para-hydroxylation sites is 1. The number of hydrogen-bond acceptors (Lipinski definition) is 5. The topological polar surface area (TPSA) is 62.8 Å².